The molecular formula is C11H23N3O4. The number of amides is 2. The Morgan fingerprint density at radius 3 is 2.56 bits per heavy atom. The molecule has 0 heterocycles. The standard InChI is InChI=1S/C11H23N3O4/c1-9(8-10(15)16)13-11(17)12-4-6-18-7-5-14(2)3/h9H,4-8H2,1-3H3,(H,15,16)(H2,12,13,17). The summed E-state index contributed by atoms with van der Waals surface area (Å²) in [5, 5.41) is 13.6. The molecule has 0 aliphatic rings. The number of carbonyl (C=O) groups excluding carboxylic acids is 1. The number of carboxylic acid groups (broad SMARTS) is 1. The number of nitrogens with one attached hydrogen (secondary N) is 2. The van der Waals surface area contributed by atoms with Crippen LogP contribution in [0.3, 0.4) is 0 Å². The van der Waals surface area contributed by atoms with Crippen molar-refractivity contribution < 1.29 is 19.4 Å². The molecule has 106 valence electrons. The number of aliphatic carboxylic acids is 1. The molecule has 18 heavy (non-hydrogen) atoms. The molecule has 0 rings (SSSR count). The van der Waals surface area contributed by atoms with Gasteiger partial charge in [0.1, 0.15) is 0 Å². The van der Waals surface area contributed by atoms with E-state index in [2.05, 4.69) is 10.6 Å². The molecule has 0 spiro atoms. The van der Waals surface area contributed by atoms with Gasteiger partial charge in [-0.15, -0.1) is 0 Å². The monoisotopic (exact) mass is 261 g/mol. The van der Waals surface area contributed by atoms with E-state index in [1.165, 1.54) is 0 Å². The van der Waals surface area contributed by atoms with Gasteiger partial charge in [0, 0.05) is 19.1 Å². The minimum atomic E-state index is -0.935. The predicted octanol–water partition coefficient (Wildman–Crippen LogP) is -0.273. The first-order chi connectivity index (χ1) is 8.41. The Morgan fingerprint density at radius 1 is 1.33 bits per heavy atom. The van der Waals surface area contributed by atoms with Crippen LogP contribution in [-0.4, -0.2) is 68.4 Å². The first kappa shape index (κ1) is 16.7. The average Bonchev–Trinajstić information content (AvgIpc) is 2.21. The van der Waals surface area contributed by atoms with E-state index in [1.807, 2.05) is 19.0 Å². The number of nitrogens with zero attached hydrogens (tertiary/aromatic N) is 1. The molecule has 0 aliphatic carbocycles. The Balaban J connectivity index is 3.45. The van der Waals surface area contributed by atoms with E-state index >= 15 is 0 Å². The highest BCUT2D eigenvalue weighted by Gasteiger charge is 2.09. The first-order valence-electron chi connectivity index (χ1n) is 5.90. The lowest BCUT2D eigenvalue weighted by Crippen LogP contribution is -2.42. The minimum Gasteiger partial charge on any atom is -0.481 e. The number of likely N-dealkylation sites (N-methyl/N-ethyl adjacent to an activating group) is 1. The van der Waals surface area contributed by atoms with Gasteiger partial charge in [0.05, 0.1) is 19.6 Å². The summed E-state index contributed by atoms with van der Waals surface area (Å²) in [5.41, 5.74) is 0. The van der Waals surface area contributed by atoms with Gasteiger partial charge in [-0.05, 0) is 21.0 Å². The van der Waals surface area contributed by atoms with Crippen molar-refractivity contribution in [1.29, 1.82) is 0 Å². The van der Waals surface area contributed by atoms with Crippen molar-refractivity contribution in [2.24, 2.45) is 0 Å². The van der Waals surface area contributed by atoms with Gasteiger partial charge in [0.15, 0.2) is 0 Å². The second-order valence-corrected chi connectivity index (χ2v) is 4.31. The van der Waals surface area contributed by atoms with Gasteiger partial charge in [-0.1, -0.05) is 0 Å². The molecule has 0 saturated heterocycles. The lowest BCUT2D eigenvalue weighted by Gasteiger charge is -2.13. The topological polar surface area (TPSA) is 90.9 Å². The second-order valence-electron chi connectivity index (χ2n) is 4.31. The summed E-state index contributed by atoms with van der Waals surface area (Å²) in [6.07, 6.45) is -0.0905. The van der Waals surface area contributed by atoms with Gasteiger partial charge < -0.3 is 25.4 Å². The van der Waals surface area contributed by atoms with Crippen LogP contribution in [0, 0.1) is 0 Å². The maximum Gasteiger partial charge on any atom is 0.315 e. The second kappa shape index (κ2) is 9.67. The molecule has 0 aromatic carbocycles. The van der Waals surface area contributed by atoms with Gasteiger partial charge in [-0.3, -0.25) is 4.79 Å². The zero-order valence-corrected chi connectivity index (χ0v) is 11.2. The number of hydrogen-bond donors (Lipinski definition) is 3. The van der Waals surface area contributed by atoms with Gasteiger partial charge in [-0.2, -0.15) is 0 Å². The molecular weight excluding hydrogens is 238 g/mol. The normalized spacial score (nSPS) is 12.2. The van der Waals surface area contributed by atoms with Gasteiger partial charge in [-0.25, -0.2) is 4.79 Å². The fourth-order valence-corrected chi connectivity index (χ4v) is 1.17. The van der Waals surface area contributed by atoms with Crippen LogP contribution in [0.15, 0.2) is 0 Å². The largest absolute Gasteiger partial charge is 0.481 e. The van der Waals surface area contributed by atoms with Crippen LogP contribution in [0.25, 0.3) is 0 Å². The summed E-state index contributed by atoms with van der Waals surface area (Å²) in [7, 11) is 3.91. The number of rotatable bonds is 9. The fraction of sp³-hybridized carbons (Fsp3) is 0.818. The number of hydrogen-bond acceptors (Lipinski definition) is 4. The van der Waals surface area contributed by atoms with E-state index in [0.29, 0.717) is 19.8 Å². The van der Waals surface area contributed by atoms with Crippen LogP contribution < -0.4 is 10.6 Å². The summed E-state index contributed by atoms with van der Waals surface area (Å²) in [6, 6.07) is -0.767. The van der Waals surface area contributed by atoms with Crippen LogP contribution in [0.2, 0.25) is 0 Å². The third-order valence-corrected chi connectivity index (χ3v) is 2.07. The van der Waals surface area contributed by atoms with Crippen LogP contribution in [-0.2, 0) is 9.53 Å². The van der Waals surface area contributed by atoms with E-state index in [4.69, 9.17) is 9.84 Å². The summed E-state index contributed by atoms with van der Waals surface area (Å²) >= 11 is 0. The van der Waals surface area contributed by atoms with E-state index < -0.39 is 12.0 Å². The van der Waals surface area contributed by atoms with E-state index in [1.54, 1.807) is 6.92 Å². The Morgan fingerprint density at radius 2 is 2.00 bits per heavy atom. The zero-order valence-electron chi connectivity index (χ0n) is 11.2. The zero-order chi connectivity index (χ0) is 14.0. The lowest BCUT2D eigenvalue weighted by atomic mass is 10.2. The first-order valence-corrected chi connectivity index (χ1v) is 5.90. The van der Waals surface area contributed by atoms with E-state index in [9.17, 15) is 9.59 Å². The van der Waals surface area contributed by atoms with Crippen molar-refractivity contribution in [2.75, 3.05) is 40.4 Å². The SMILES string of the molecule is CC(CC(=O)O)NC(=O)NCCOCCN(C)C. The number of ether oxygens (including phenoxy) is 1. The van der Waals surface area contributed by atoms with Crippen molar-refractivity contribution in [3.05, 3.63) is 0 Å². The van der Waals surface area contributed by atoms with Gasteiger partial charge in [0.2, 0.25) is 0 Å². The minimum absolute atomic E-state index is 0.0905. The molecule has 1 unspecified atom stereocenters. The summed E-state index contributed by atoms with van der Waals surface area (Å²) < 4.78 is 5.29. The summed E-state index contributed by atoms with van der Waals surface area (Å²) in [6.45, 7) is 3.93. The quantitative estimate of drug-likeness (QED) is 0.497. The molecule has 0 aliphatic heterocycles. The van der Waals surface area contributed by atoms with Crippen LogP contribution in [0.4, 0.5) is 4.79 Å². The molecule has 0 aromatic heterocycles. The predicted molar refractivity (Wildman–Crippen MR) is 67.6 cm³/mol. The number of carbonyl (C=O) groups is 2. The Bertz CT molecular complexity index is 259. The molecule has 0 aromatic rings. The van der Waals surface area contributed by atoms with E-state index in [-0.39, 0.29) is 12.5 Å². The van der Waals surface area contributed by atoms with Crippen LogP contribution in [0.5, 0.6) is 0 Å². The van der Waals surface area contributed by atoms with Gasteiger partial charge >= 0.3 is 12.0 Å². The molecule has 7 heteroatoms. The molecule has 0 saturated carbocycles. The molecule has 2 amide bonds. The molecule has 0 bridgehead atoms. The van der Waals surface area contributed by atoms with Crippen molar-refractivity contribution >= 4 is 12.0 Å². The number of carboxylic acids is 1. The van der Waals surface area contributed by atoms with Crippen LogP contribution in [0.1, 0.15) is 13.3 Å². The maximum atomic E-state index is 11.3. The van der Waals surface area contributed by atoms with Crippen LogP contribution >= 0.6 is 0 Å². The van der Waals surface area contributed by atoms with Crippen molar-refractivity contribution in [3.8, 4) is 0 Å². The highest BCUT2D eigenvalue weighted by molar-refractivity contribution is 5.75. The Hall–Kier alpha value is -1.34. The smallest absolute Gasteiger partial charge is 0.315 e. The molecule has 0 fully saturated rings. The van der Waals surface area contributed by atoms with Crippen molar-refractivity contribution in [2.45, 2.75) is 19.4 Å². The Labute approximate surface area is 107 Å². The third-order valence-electron chi connectivity index (χ3n) is 2.07. The lowest BCUT2D eigenvalue weighted by molar-refractivity contribution is -0.137. The van der Waals surface area contributed by atoms with E-state index in [0.717, 1.165) is 6.54 Å². The average molecular weight is 261 g/mol. The maximum absolute atomic E-state index is 11.3. The van der Waals surface area contributed by atoms with Crippen molar-refractivity contribution in [1.82, 2.24) is 15.5 Å². The highest BCUT2D eigenvalue weighted by Crippen LogP contribution is 1.89. The van der Waals surface area contributed by atoms with Crippen molar-refractivity contribution in [3.63, 3.8) is 0 Å². The molecule has 7 nitrogen and oxygen atoms in total. The van der Waals surface area contributed by atoms with Gasteiger partial charge in [0.25, 0.3) is 0 Å². The highest BCUT2D eigenvalue weighted by atomic mass is 16.5. The fourth-order valence-electron chi connectivity index (χ4n) is 1.17. The molecule has 0 radical (unpaired) electrons. The Kier molecular flexibility index (Phi) is 8.95. The summed E-state index contributed by atoms with van der Waals surface area (Å²) in [4.78, 5) is 23.7. The molecule has 3 N–H and O–H groups in total. The number of urea groups is 1. The summed E-state index contributed by atoms with van der Waals surface area (Å²) in [5.74, 6) is -0.935. The third kappa shape index (κ3) is 11.2. The molecule has 1 atom stereocenters.